The molecule has 1 atom stereocenters. The molecule has 0 fully saturated rings. The van der Waals surface area contributed by atoms with Crippen LogP contribution in [-0.2, 0) is 13.6 Å². The standard InChI is InChI=1S/C22H21N5O4S/c1-26-11-10-23-22(26)32-13-16(28)12-27-18-5-3-2-4-17(18)19(20(27)29)25-24-15-8-6-14(7-9-15)21(30)31/h2-11,16,28-29H,12-13H2,1H3,(H,30,31). The lowest BCUT2D eigenvalue weighted by molar-refractivity contribution is 0.0697. The number of aromatic carboxylic acids is 1. The lowest BCUT2D eigenvalue weighted by Crippen LogP contribution is -2.18. The zero-order valence-corrected chi connectivity index (χ0v) is 18.0. The molecular weight excluding hydrogens is 430 g/mol. The van der Waals surface area contributed by atoms with E-state index in [1.54, 1.807) is 22.9 Å². The Hall–Kier alpha value is -3.63. The molecule has 2 heterocycles. The quantitative estimate of drug-likeness (QED) is 0.270. The summed E-state index contributed by atoms with van der Waals surface area (Å²) in [7, 11) is 1.89. The Bertz CT molecular complexity index is 1280. The summed E-state index contributed by atoms with van der Waals surface area (Å²) < 4.78 is 3.49. The van der Waals surface area contributed by atoms with Gasteiger partial charge in [0.05, 0.1) is 29.4 Å². The molecule has 0 radical (unpaired) electrons. The molecule has 10 heteroatoms. The fourth-order valence-corrected chi connectivity index (χ4v) is 4.11. The number of nitrogens with zero attached hydrogens (tertiary/aromatic N) is 5. The molecule has 3 N–H and O–H groups in total. The number of aromatic hydroxyl groups is 1. The van der Waals surface area contributed by atoms with Crippen molar-refractivity contribution in [2.45, 2.75) is 17.8 Å². The molecule has 2 aromatic heterocycles. The van der Waals surface area contributed by atoms with E-state index in [2.05, 4.69) is 15.2 Å². The first-order chi connectivity index (χ1) is 15.4. The molecule has 164 valence electrons. The van der Waals surface area contributed by atoms with Gasteiger partial charge in [-0.25, -0.2) is 9.78 Å². The molecule has 0 saturated carbocycles. The van der Waals surface area contributed by atoms with E-state index in [0.717, 1.165) is 10.7 Å². The highest BCUT2D eigenvalue weighted by Gasteiger charge is 2.19. The number of thioether (sulfide) groups is 1. The summed E-state index contributed by atoms with van der Waals surface area (Å²) in [4.78, 5) is 15.2. The number of carboxylic acids is 1. The van der Waals surface area contributed by atoms with Crippen molar-refractivity contribution >= 4 is 40.0 Å². The molecular formula is C22H21N5O4S. The number of hydrogen-bond donors (Lipinski definition) is 3. The van der Waals surface area contributed by atoms with Crippen molar-refractivity contribution in [1.82, 2.24) is 14.1 Å². The first-order valence-electron chi connectivity index (χ1n) is 9.77. The van der Waals surface area contributed by atoms with Crippen molar-refractivity contribution < 1.29 is 20.1 Å². The van der Waals surface area contributed by atoms with Crippen molar-refractivity contribution in [1.29, 1.82) is 0 Å². The average Bonchev–Trinajstić information content (AvgIpc) is 3.32. The second kappa shape index (κ2) is 9.25. The van der Waals surface area contributed by atoms with Crippen LogP contribution in [0.3, 0.4) is 0 Å². The molecule has 0 aliphatic carbocycles. The number of azo groups is 1. The molecule has 0 bridgehead atoms. The predicted octanol–water partition coefficient (Wildman–Crippen LogP) is 4.35. The van der Waals surface area contributed by atoms with Crippen LogP contribution in [-0.4, -0.2) is 47.3 Å². The van der Waals surface area contributed by atoms with Crippen LogP contribution in [0.15, 0.2) is 76.3 Å². The summed E-state index contributed by atoms with van der Waals surface area (Å²) in [5.74, 6) is -0.712. The number of benzene rings is 2. The highest BCUT2D eigenvalue weighted by Crippen LogP contribution is 2.39. The Morgan fingerprint density at radius 3 is 2.59 bits per heavy atom. The number of carboxylic acid groups (broad SMARTS) is 1. The van der Waals surface area contributed by atoms with Gasteiger partial charge in [0, 0.05) is 30.6 Å². The first-order valence-corrected chi connectivity index (χ1v) is 10.8. The smallest absolute Gasteiger partial charge is 0.335 e. The Kier molecular flexibility index (Phi) is 6.24. The normalized spacial score (nSPS) is 12.6. The monoisotopic (exact) mass is 451 g/mol. The van der Waals surface area contributed by atoms with Crippen LogP contribution in [0.5, 0.6) is 5.88 Å². The van der Waals surface area contributed by atoms with Crippen LogP contribution in [0, 0.1) is 0 Å². The molecule has 0 saturated heterocycles. The largest absolute Gasteiger partial charge is 0.493 e. The van der Waals surface area contributed by atoms with Gasteiger partial charge in [-0.15, -0.1) is 5.11 Å². The van der Waals surface area contributed by atoms with Gasteiger partial charge in [0.25, 0.3) is 0 Å². The highest BCUT2D eigenvalue weighted by atomic mass is 32.2. The second-order valence-electron chi connectivity index (χ2n) is 7.14. The molecule has 0 spiro atoms. The number of aryl methyl sites for hydroxylation is 1. The van der Waals surface area contributed by atoms with Gasteiger partial charge >= 0.3 is 5.97 Å². The first kappa shape index (κ1) is 21.6. The van der Waals surface area contributed by atoms with Crippen LogP contribution < -0.4 is 0 Å². The third-order valence-electron chi connectivity index (χ3n) is 4.87. The number of hydrogen-bond acceptors (Lipinski definition) is 7. The molecule has 4 aromatic rings. The fraction of sp³-hybridized carbons (Fsp3) is 0.182. The van der Waals surface area contributed by atoms with Crippen molar-refractivity contribution in [3.05, 3.63) is 66.5 Å². The van der Waals surface area contributed by atoms with Crippen LogP contribution in [0.4, 0.5) is 11.4 Å². The van der Waals surface area contributed by atoms with E-state index in [1.165, 1.54) is 23.9 Å². The van der Waals surface area contributed by atoms with Gasteiger partial charge in [-0.1, -0.05) is 30.0 Å². The lowest BCUT2D eigenvalue weighted by atomic mass is 10.2. The number of fused-ring (bicyclic) bond motifs is 1. The van der Waals surface area contributed by atoms with Gasteiger partial charge in [-0.2, -0.15) is 5.11 Å². The maximum atomic E-state index is 11.0. The van der Waals surface area contributed by atoms with Crippen LogP contribution in [0.25, 0.3) is 10.9 Å². The van der Waals surface area contributed by atoms with Crippen LogP contribution in [0.2, 0.25) is 0 Å². The van der Waals surface area contributed by atoms with E-state index in [1.807, 2.05) is 42.1 Å². The summed E-state index contributed by atoms with van der Waals surface area (Å²) in [6.07, 6.45) is 2.81. The van der Waals surface area contributed by atoms with Gasteiger partial charge in [-0.3, -0.25) is 0 Å². The predicted molar refractivity (Wildman–Crippen MR) is 121 cm³/mol. The van der Waals surface area contributed by atoms with E-state index in [4.69, 9.17) is 5.11 Å². The van der Waals surface area contributed by atoms with Crippen molar-refractivity contribution in [2.75, 3.05) is 5.75 Å². The van der Waals surface area contributed by atoms with Gasteiger partial charge in [0.15, 0.2) is 10.8 Å². The summed E-state index contributed by atoms with van der Waals surface area (Å²) in [6, 6.07) is 13.3. The Morgan fingerprint density at radius 2 is 1.91 bits per heavy atom. The Labute approximate surface area is 187 Å². The summed E-state index contributed by atoms with van der Waals surface area (Å²) in [6.45, 7) is 0.173. The van der Waals surface area contributed by atoms with Crippen molar-refractivity contribution in [3.63, 3.8) is 0 Å². The van der Waals surface area contributed by atoms with Gasteiger partial charge in [0.1, 0.15) is 0 Å². The van der Waals surface area contributed by atoms with Crippen molar-refractivity contribution in [2.24, 2.45) is 17.3 Å². The molecule has 0 aliphatic rings. The van der Waals surface area contributed by atoms with E-state index < -0.39 is 12.1 Å². The summed E-state index contributed by atoms with van der Waals surface area (Å²) in [5, 5.41) is 40.3. The zero-order valence-electron chi connectivity index (χ0n) is 17.2. The SMILES string of the molecule is Cn1ccnc1SCC(O)Cn1c(O)c(N=Nc2ccc(C(=O)O)cc2)c2ccccc21. The van der Waals surface area contributed by atoms with E-state index >= 15 is 0 Å². The topological polar surface area (TPSA) is 125 Å². The number of aliphatic hydroxyl groups excluding tert-OH is 1. The lowest BCUT2D eigenvalue weighted by Gasteiger charge is -2.13. The molecule has 2 aromatic carbocycles. The molecule has 32 heavy (non-hydrogen) atoms. The Balaban J connectivity index is 1.57. The molecule has 4 rings (SSSR count). The minimum atomic E-state index is -1.02. The minimum absolute atomic E-state index is 0.0989. The van der Waals surface area contributed by atoms with Crippen molar-refractivity contribution in [3.8, 4) is 5.88 Å². The number of aliphatic hydroxyl groups is 1. The van der Waals surface area contributed by atoms with Crippen LogP contribution >= 0.6 is 11.8 Å². The maximum Gasteiger partial charge on any atom is 0.335 e. The third-order valence-corrected chi connectivity index (χ3v) is 6.08. The Morgan fingerprint density at radius 1 is 1.16 bits per heavy atom. The summed E-state index contributed by atoms with van der Waals surface area (Å²) in [5.41, 5.74) is 1.62. The molecule has 1 unspecified atom stereocenters. The maximum absolute atomic E-state index is 11.0. The number of para-hydroxylation sites is 1. The number of carbonyl (C=O) groups is 1. The van der Waals surface area contributed by atoms with E-state index in [0.29, 0.717) is 16.8 Å². The number of rotatable bonds is 8. The van der Waals surface area contributed by atoms with Gasteiger partial charge in [0.2, 0.25) is 5.88 Å². The molecule has 0 amide bonds. The highest BCUT2D eigenvalue weighted by molar-refractivity contribution is 7.99. The van der Waals surface area contributed by atoms with E-state index in [9.17, 15) is 15.0 Å². The summed E-state index contributed by atoms with van der Waals surface area (Å²) >= 11 is 1.43. The van der Waals surface area contributed by atoms with Crippen LogP contribution in [0.1, 0.15) is 10.4 Å². The second-order valence-corrected chi connectivity index (χ2v) is 8.12. The number of aromatic nitrogens is 3. The van der Waals surface area contributed by atoms with Gasteiger partial charge in [-0.05, 0) is 30.3 Å². The average molecular weight is 452 g/mol. The molecule has 9 nitrogen and oxygen atoms in total. The number of imidazole rings is 1. The third kappa shape index (κ3) is 4.51. The van der Waals surface area contributed by atoms with E-state index in [-0.39, 0.29) is 23.7 Å². The van der Waals surface area contributed by atoms with Gasteiger partial charge < -0.3 is 24.5 Å². The minimum Gasteiger partial charge on any atom is -0.493 e. The zero-order chi connectivity index (χ0) is 22.7. The fourth-order valence-electron chi connectivity index (χ4n) is 3.26. The molecule has 0 aliphatic heterocycles.